The standard InChI is InChI=1S/C13H11ClN2O2/c1-8-2-4-10(11(17)6-8)13(18)16-12-5-3-9(14)7-15-12/h2-7,17H,1H3,(H,15,16,18). The van der Waals surface area contributed by atoms with E-state index in [4.69, 9.17) is 11.6 Å². The summed E-state index contributed by atoms with van der Waals surface area (Å²) in [7, 11) is 0. The summed E-state index contributed by atoms with van der Waals surface area (Å²) in [6, 6.07) is 8.06. The molecule has 0 aliphatic heterocycles. The lowest BCUT2D eigenvalue weighted by Crippen LogP contribution is -2.13. The van der Waals surface area contributed by atoms with E-state index in [1.807, 2.05) is 6.92 Å². The van der Waals surface area contributed by atoms with Crippen LogP contribution in [0.2, 0.25) is 5.02 Å². The SMILES string of the molecule is Cc1ccc(C(=O)Nc2ccc(Cl)cn2)c(O)c1. The van der Waals surface area contributed by atoms with Crippen molar-refractivity contribution in [1.29, 1.82) is 0 Å². The van der Waals surface area contributed by atoms with Crippen LogP contribution in [0.5, 0.6) is 5.75 Å². The lowest BCUT2D eigenvalue weighted by atomic mass is 10.1. The number of amides is 1. The molecule has 1 aromatic carbocycles. The molecule has 0 saturated carbocycles. The molecule has 1 aromatic heterocycles. The molecule has 1 amide bonds. The van der Waals surface area contributed by atoms with Gasteiger partial charge in [-0.2, -0.15) is 0 Å². The number of aryl methyl sites for hydroxylation is 1. The summed E-state index contributed by atoms with van der Waals surface area (Å²) in [6.07, 6.45) is 1.44. The van der Waals surface area contributed by atoms with Crippen molar-refractivity contribution in [2.75, 3.05) is 5.32 Å². The molecule has 0 saturated heterocycles. The smallest absolute Gasteiger partial charge is 0.260 e. The number of pyridine rings is 1. The molecule has 1 heterocycles. The fourth-order valence-corrected chi connectivity index (χ4v) is 1.58. The van der Waals surface area contributed by atoms with Crippen LogP contribution in [0.1, 0.15) is 15.9 Å². The first-order valence-corrected chi connectivity index (χ1v) is 5.66. The van der Waals surface area contributed by atoms with E-state index in [9.17, 15) is 9.90 Å². The summed E-state index contributed by atoms with van der Waals surface area (Å²) in [5.41, 5.74) is 1.09. The lowest BCUT2D eigenvalue weighted by Gasteiger charge is -2.06. The molecule has 92 valence electrons. The van der Waals surface area contributed by atoms with Gasteiger partial charge in [-0.1, -0.05) is 17.7 Å². The van der Waals surface area contributed by atoms with Crippen LogP contribution in [0.15, 0.2) is 36.5 Å². The van der Waals surface area contributed by atoms with Crippen molar-refractivity contribution < 1.29 is 9.90 Å². The average Bonchev–Trinajstić information content (AvgIpc) is 2.32. The number of nitrogens with one attached hydrogen (secondary N) is 1. The molecule has 0 radical (unpaired) electrons. The van der Waals surface area contributed by atoms with Crippen LogP contribution in [0.25, 0.3) is 0 Å². The van der Waals surface area contributed by atoms with Crippen molar-refractivity contribution in [1.82, 2.24) is 4.98 Å². The Labute approximate surface area is 109 Å². The minimum absolute atomic E-state index is 0.0542. The fraction of sp³-hybridized carbons (Fsp3) is 0.0769. The van der Waals surface area contributed by atoms with E-state index in [0.717, 1.165) is 5.56 Å². The third kappa shape index (κ3) is 2.78. The summed E-state index contributed by atoms with van der Waals surface area (Å²) in [4.78, 5) is 15.8. The van der Waals surface area contributed by atoms with Crippen molar-refractivity contribution in [3.8, 4) is 5.75 Å². The van der Waals surface area contributed by atoms with Crippen LogP contribution in [0, 0.1) is 6.92 Å². The van der Waals surface area contributed by atoms with Crippen LogP contribution in [0.4, 0.5) is 5.82 Å². The molecule has 18 heavy (non-hydrogen) atoms. The maximum absolute atomic E-state index is 11.9. The van der Waals surface area contributed by atoms with Gasteiger partial charge in [0, 0.05) is 6.20 Å². The first-order chi connectivity index (χ1) is 8.56. The van der Waals surface area contributed by atoms with E-state index < -0.39 is 5.91 Å². The first-order valence-electron chi connectivity index (χ1n) is 5.29. The van der Waals surface area contributed by atoms with Crippen LogP contribution < -0.4 is 5.32 Å². The van der Waals surface area contributed by atoms with E-state index in [0.29, 0.717) is 10.8 Å². The van der Waals surface area contributed by atoms with E-state index in [1.54, 1.807) is 24.3 Å². The Morgan fingerprint density at radius 2 is 2.11 bits per heavy atom. The number of anilines is 1. The minimum Gasteiger partial charge on any atom is -0.507 e. The number of benzene rings is 1. The van der Waals surface area contributed by atoms with E-state index in [1.165, 1.54) is 12.3 Å². The summed E-state index contributed by atoms with van der Waals surface area (Å²) >= 11 is 5.69. The Kier molecular flexibility index (Phi) is 3.48. The van der Waals surface area contributed by atoms with Gasteiger partial charge in [0.25, 0.3) is 5.91 Å². The lowest BCUT2D eigenvalue weighted by molar-refractivity contribution is 0.102. The predicted octanol–water partition coefficient (Wildman–Crippen LogP) is 3.00. The Bertz CT molecular complexity index is 582. The molecule has 0 bridgehead atoms. The Hall–Kier alpha value is -2.07. The zero-order valence-corrected chi connectivity index (χ0v) is 10.4. The largest absolute Gasteiger partial charge is 0.507 e. The van der Waals surface area contributed by atoms with Gasteiger partial charge in [0.05, 0.1) is 10.6 Å². The van der Waals surface area contributed by atoms with Gasteiger partial charge < -0.3 is 10.4 Å². The highest BCUT2D eigenvalue weighted by Gasteiger charge is 2.11. The molecule has 0 aliphatic rings. The number of phenolic OH excluding ortho intramolecular Hbond substituents is 1. The summed E-state index contributed by atoms with van der Waals surface area (Å²) in [5, 5.41) is 12.8. The summed E-state index contributed by atoms with van der Waals surface area (Å²) in [5.74, 6) is -0.0897. The third-order valence-electron chi connectivity index (χ3n) is 2.37. The van der Waals surface area contributed by atoms with Gasteiger partial charge >= 0.3 is 0 Å². The summed E-state index contributed by atoms with van der Waals surface area (Å²) < 4.78 is 0. The second-order valence-corrected chi connectivity index (χ2v) is 4.27. The molecule has 0 atom stereocenters. The highest BCUT2D eigenvalue weighted by molar-refractivity contribution is 6.30. The number of carbonyl (C=O) groups excluding carboxylic acids is 1. The highest BCUT2D eigenvalue weighted by atomic mass is 35.5. The van der Waals surface area contributed by atoms with E-state index in [-0.39, 0.29) is 11.3 Å². The molecule has 2 aromatic rings. The van der Waals surface area contributed by atoms with Crippen molar-refractivity contribution in [2.45, 2.75) is 6.92 Å². The van der Waals surface area contributed by atoms with Crippen molar-refractivity contribution in [2.24, 2.45) is 0 Å². The van der Waals surface area contributed by atoms with E-state index >= 15 is 0 Å². The molecule has 4 nitrogen and oxygen atoms in total. The summed E-state index contributed by atoms with van der Waals surface area (Å²) in [6.45, 7) is 1.84. The van der Waals surface area contributed by atoms with Crippen LogP contribution in [-0.4, -0.2) is 16.0 Å². The second kappa shape index (κ2) is 5.06. The minimum atomic E-state index is -0.415. The number of rotatable bonds is 2. The highest BCUT2D eigenvalue weighted by Crippen LogP contribution is 2.19. The zero-order valence-electron chi connectivity index (χ0n) is 9.64. The maximum atomic E-state index is 11.9. The van der Waals surface area contributed by atoms with Crippen LogP contribution in [0.3, 0.4) is 0 Å². The van der Waals surface area contributed by atoms with Crippen molar-refractivity contribution in [3.05, 3.63) is 52.7 Å². The number of nitrogens with zero attached hydrogens (tertiary/aromatic N) is 1. The monoisotopic (exact) mass is 262 g/mol. The Morgan fingerprint density at radius 3 is 2.72 bits per heavy atom. The quantitative estimate of drug-likeness (QED) is 0.875. The number of halogens is 1. The van der Waals surface area contributed by atoms with Gasteiger partial charge in [-0.3, -0.25) is 4.79 Å². The number of hydrogen-bond acceptors (Lipinski definition) is 3. The van der Waals surface area contributed by atoms with Crippen molar-refractivity contribution in [3.63, 3.8) is 0 Å². The number of hydrogen-bond donors (Lipinski definition) is 2. The molecule has 2 N–H and O–H groups in total. The van der Waals surface area contributed by atoms with Gasteiger partial charge in [0.2, 0.25) is 0 Å². The molecule has 2 rings (SSSR count). The average molecular weight is 263 g/mol. The molecule has 0 unspecified atom stereocenters. The molecular formula is C13H11ClN2O2. The Morgan fingerprint density at radius 1 is 1.33 bits per heavy atom. The number of aromatic nitrogens is 1. The maximum Gasteiger partial charge on any atom is 0.260 e. The first kappa shape index (κ1) is 12.4. The van der Waals surface area contributed by atoms with Gasteiger partial charge in [-0.05, 0) is 36.8 Å². The molecule has 0 spiro atoms. The van der Waals surface area contributed by atoms with Gasteiger partial charge in [-0.15, -0.1) is 0 Å². The number of carbonyl (C=O) groups is 1. The van der Waals surface area contributed by atoms with Gasteiger partial charge in [-0.25, -0.2) is 4.98 Å². The normalized spacial score (nSPS) is 10.1. The van der Waals surface area contributed by atoms with Gasteiger partial charge in [0.15, 0.2) is 0 Å². The van der Waals surface area contributed by atoms with E-state index in [2.05, 4.69) is 10.3 Å². The van der Waals surface area contributed by atoms with Gasteiger partial charge in [0.1, 0.15) is 11.6 Å². The zero-order chi connectivity index (χ0) is 13.1. The van der Waals surface area contributed by atoms with Crippen LogP contribution in [-0.2, 0) is 0 Å². The second-order valence-electron chi connectivity index (χ2n) is 3.84. The molecule has 0 aliphatic carbocycles. The Balaban J connectivity index is 2.19. The number of phenols is 1. The molecule has 0 fully saturated rings. The fourth-order valence-electron chi connectivity index (χ4n) is 1.47. The van der Waals surface area contributed by atoms with Crippen LogP contribution >= 0.6 is 11.6 Å². The predicted molar refractivity (Wildman–Crippen MR) is 70.0 cm³/mol. The number of aromatic hydroxyl groups is 1. The topological polar surface area (TPSA) is 62.2 Å². The molecule has 5 heteroatoms. The molecular weight excluding hydrogens is 252 g/mol. The third-order valence-corrected chi connectivity index (χ3v) is 2.59. The van der Waals surface area contributed by atoms with Crippen molar-refractivity contribution >= 4 is 23.3 Å².